The SMILES string of the molecule is CCC(C)(C)OC(=O)NCCc1nc(C(=O)NCc2ccccn2)no1. The Morgan fingerprint density at radius 2 is 2.08 bits per heavy atom. The molecule has 140 valence electrons. The smallest absolute Gasteiger partial charge is 0.407 e. The summed E-state index contributed by atoms with van der Waals surface area (Å²) < 4.78 is 10.3. The molecule has 0 aliphatic heterocycles. The van der Waals surface area contributed by atoms with Crippen LogP contribution in [0.1, 0.15) is 49.4 Å². The fourth-order valence-electron chi connectivity index (χ4n) is 1.83. The molecular weight excluding hydrogens is 338 g/mol. The van der Waals surface area contributed by atoms with Crippen LogP contribution in [-0.2, 0) is 17.7 Å². The molecule has 0 spiro atoms. The number of carbonyl (C=O) groups is 2. The Kier molecular flexibility index (Phi) is 6.65. The predicted octanol–water partition coefficient (Wildman–Crippen LogP) is 1.85. The summed E-state index contributed by atoms with van der Waals surface area (Å²) in [5.74, 6) is -0.267. The molecule has 2 amide bonds. The van der Waals surface area contributed by atoms with Crippen molar-refractivity contribution in [2.75, 3.05) is 6.54 Å². The molecule has 9 heteroatoms. The molecule has 0 fully saturated rings. The monoisotopic (exact) mass is 361 g/mol. The van der Waals surface area contributed by atoms with Crippen molar-refractivity contribution in [1.29, 1.82) is 0 Å². The molecule has 2 rings (SSSR count). The molecule has 2 heterocycles. The van der Waals surface area contributed by atoms with Crippen molar-refractivity contribution in [3.05, 3.63) is 41.8 Å². The molecule has 9 nitrogen and oxygen atoms in total. The van der Waals surface area contributed by atoms with Gasteiger partial charge in [-0.3, -0.25) is 9.78 Å². The number of hydrogen-bond acceptors (Lipinski definition) is 7. The van der Waals surface area contributed by atoms with Gasteiger partial charge in [-0.25, -0.2) is 4.79 Å². The number of rotatable bonds is 8. The maximum absolute atomic E-state index is 12.0. The third-order valence-electron chi connectivity index (χ3n) is 3.66. The topological polar surface area (TPSA) is 119 Å². The number of nitrogens with zero attached hydrogens (tertiary/aromatic N) is 3. The quantitative estimate of drug-likeness (QED) is 0.736. The van der Waals surface area contributed by atoms with E-state index in [-0.39, 0.29) is 24.8 Å². The average molecular weight is 361 g/mol. The van der Waals surface area contributed by atoms with Gasteiger partial charge < -0.3 is 19.9 Å². The van der Waals surface area contributed by atoms with Gasteiger partial charge in [0.25, 0.3) is 11.7 Å². The van der Waals surface area contributed by atoms with Crippen LogP contribution in [-0.4, -0.2) is 39.3 Å². The van der Waals surface area contributed by atoms with Crippen molar-refractivity contribution >= 4 is 12.0 Å². The second-order valence-corrected chi connectivity index (χ2v) is 6.20. The highest BCUT2D eigenvalue weighted by molar-refractivity contribution is 5.90. The van der Waals surface area contributed by atoms with Gasteiger partial charge in [-0.05, 0) is 32.4 Å². The molecule has 0 saturated heterocycles. The summed E-state index contributed by atoms with van der Waals surface area (Å²) in [6.07, 6.45) is 2.14. The normalized spacial score (nSPS) is 11.0. The molecular formula is C17H23N5O4. The van der Waals surface area contributed by atoms with Crippen LogP contribution in [0.3, 0.4) is 0 Å². The zero-order valence-electron chi connectivity index (χ0n) is 15.1. The minimum atomic E-state index is -0.520. The Hall–Kier alpha value is -2.97. The summed E-state index contributed by atoms with van der Waals surface area (Å²) in [6.45, 7) is 6.13. The standard InChI is InChI=1S/C17H23N5O4/c1-4-17(2,3)25-16(24)19-10-8-13-21-14(22-26-13)15(23)20-11-12-7-5-6-9-18-12/h5-7,9H,4,8,10-11H2,1-3H3,(H,19,24)(H,20,23). The summed E-state index contributed by atoms with van der Waals surface area (Å²) in [5.41, 5.74) is 0.204. The molecule has 2 aromatic heterocycles. The van der Waals surface area contributed by atoms with Gasteiger partial charge in [-0.1, -0.05) is 18.1 Å². The molecule has 0 aliphatic rings. The van der Waals surface area contributed by atoms with Gasteiger partial charge in [0.2, 0.25) is 5.89 Å². The fraction of sp³-hybridized carbons (Fsp3) is 0.471. The Balaban J connectivity index is 1.75. The molecule has 0 aliphatic carbocycles. The molecule has 26 heavy (non-hydrogen) atoms. The van der Waals surface area contributed by atoms with Crippen molar-refractivity contribution in [2.45, 2.75) is 45.8 Å². The Morgan fingerprint density at radius 3 is 2.77 bits per heavy atom. The molecule has 0 bridgehead atoms. The van der Waals surface area contributed by atoms with Crippen LogP contribution in [0.25, 0.3) is 0 Å². The van der Waals surface area contributed by atoms with E-state index in [9.17, 15) is 9.59 Å². The number of aromatic nitrogens is 3. The number of nitrogens with one attached hydrogen (secondary N) is 2. The lowest BCUT2D eigenvalue weighted by atomic mass is 10.1. The summed E-state index contributed by atoms with van der Waals surface area (Å²) in [6, 6.07) is 5.43. The first-order valence-electron chi connectivity index (χ1n) is 8.37. The van der Waals surface area contributed by atoms with Crippen LogP contribution in [0.2, 0.25) is 0 Å². The number of carbonyl (C=O) groups excluding carboxylic acids is 2. The van der Waals surface area contributed by atoms with Crippen LogP contribution in [0.5, 0.6) is 0 Å². The van der Waals surface area contributed by atoms with E-state index >= 15 is 0 Å². The highest BCUT2D eigenvalue weighted by Crippen LogP contribution is 2.13. The zero-order valence-corrected chi connectivity index (χ0v) is 15.1. The summed E-state index contributed by atoms with van der Waals surface area (Å²) in [4.78, 5) is 31.8. The van der Waals surface area contributed by atoms with Crippen molar-refractivity contribution in [3.63, 3.8) is 0 Å². The lowest BCUT2D eigenvalue weighted by Gasteiger charge is -2.23. The first kappa shape index (κ1) is 19.4. The first-order valence-corrected chi connectivity index (χ1v) is 8.37. The van der Waals surface area contributed by atoms with E-state index < -0.39 is 17.6 Å². The van der Waals surface area contributed by atoms with E-state index in [1.165, 1.54) is 0 Å². The summed E-state index contributed by atoms with van der Waals surface area (Å²) >= 11 is 0. The Bertz CT molecular complexity index is 730. The van der Waals surface area contributed by atoms with Crippen molar-refractivity contribution < 1.29 is 18.8 Å². The number of hydrogen-bond donors (Lipinski definition) is 2. The second-order valence-electron chi connectivity index (χ2n) is 6.20. The van der Waals surface area contributed by atoms with Gasteiger partial charge >= 0.3 is 6.09 Å². The molecule has 0 radical (unpaired) electrons. The summed E-state index contributed by atoms with van der Waals surface area (Å²) in [7, 11) is 0. The average Bonchev–Trinajstić information content (AvgIpc) is 3.09. The fourth-order valence-corrected chi connectivity index (χ4v) is 1.83. The number of amides is 2. The third kappa shape index (κ3) is 6.15. The van der Waals surface area contributed by atoms with E-state index in [2.05, 4.69) is 25.8 Å². The van der Waals surface area contributed by atoms with Gasteiger partial charge in [-0.15, -0.1) is 0 Å². The van der Waals surface area contributed by atoms with E-state index in [1.54, 1.807) is 18.3 Å². The van der Waals surface area contributed by atoms with E-state index in [4.69, 9.17) is 9.26 Å². The van der Waals surface area contributed by atoms with Crippen molar-refractivity contribution in [2.24, 2.45) is 0 Å². The highest BCUT2D eigenvalue weighted by Gasteiger charge is 2.20. The van der Waals surface area contributed by atoms with E-state index in [0.29, 0.717) is 12.8 Å². The van der Waals surface area contributed by atoms with E-state index in [0.717, 1.165) is 5.69 Å². The highest BCUT2D eigenvalue weighted by atomic mass is 16.6. The van der Waals surface area contributed by atoms with Crippen LogP contribution >= 0.6 is 0 Å². The van der Waals surface area contributed by atoms with Crippen LogP contribution in [0, 0.1) is 0 Å². The molecule has 0 unspecified atom stereocenters. The molecule has 0 saturated carbocycles. The van der Waals surface area contributed by atoms with Gasteiger partial charge in [0, 0.05) is 19.2 Å². The molecule has 2 aromatic rings. The van der Waals surface area contributed by atoms with Crippen molar-refractivity contribution in [3.8, 4) is 0 Å². The van der Waals surface area contributed by atoms with E-state index in [1.807, 2.05) is 26.8 Å². The number of alkyl carbamates (subject to hydrolysis) is 1. The molecule has 2 N–H and O–H groups in total. The molecule has 0 aromatic carbocycles. The number of ether oxygens (including phenoxy) is 1. The lowest BCUT2D eigenvalue weighted by molar-refractivity contribution is 0.0363. The third-order valence-corrected chi connectivity index (χ3v) is 3.66. The first-order chi connectivity index (χ1) is 12.4. The Labute approximate surface area is 151 Å². The summed E-state index contributed by atoms with van der Waals surface area (Å²) in [5, 5.41) is 8.90. The van der Waals surface area contributed by atoms with Crippen LogP contribution in [0.15, 0.2) is 28.9 Å². The predicted molar refractivity (Wildman–Crippen MR) is 92.3 cm³/mol. The van der Waals surface area contributed by atoms with Gasteiger partial charge in [0.05, 0.1) is 12.2 Å². The van der Waals surface area contributed by atoms with Gasteiger partial charge in [-0.2, -0.15) is 4.98 Å². The molecule has 0 atom stereocenters. The van der Waals surface area contributed by atoms with Gasteiger partial charge in [0.1, 0.15) is 5.60 Å². The lowest BCUT2D eigenvalue weighted by Crippen LogP contribution is -2.35. The number of pyridine rings is 1. The van der Waals surface area contributed by atoms with Crippen molar-refractivity contribution in [1.82, 2.24) is 25.8 Å². The minimum Gasteiger partial charge on any atom is -0.444 e. The van der Waals surface area contributed by atoms with Crippen LogP contribution in [0.4, 0.5) is 4.79 Å². The largest absolute Gasteiger partial charge is 0.444 e. The Morgan fingerprint density at radius 1 is 1.27 bits per heavy atom. The maximum Gasteiger partial charge on any atom is 0.407 e. The zero-order chi connectivity index (χ0) is 19.0. The van der Waals surface area contributed by atoms with Crippen LogP contribution < -0.4 is 10.6 Å². The second kappa shape index (κ2) is 8.93. The van der Waals surface area contributed by atoms with Gasteiger partial charge in [0.15, 0.2) is 0 Å². The minimum absolute atomic E-state index is 0.0642. The maximum atomic E-state index is 12.0.